The second-order valence-corrected chi connectivity index (χ2v) is 8.87. The van der Waals surface area contributed by atoms with Crippen molar-refractivity contribution in [1.82, 2.24) is 9.55 Å². The molecule has 152 valence electrons. The summed E-state index contributed by atoms with van der Waals surface area (Å²) in [6.45, 7) is 3.96. The van der Waals surface area contributed by atoms with Gasteiger partial charge >= 0.3 is 0 Å². The number of hydrogen-bond donors (Lipinski definition) is 1. The predicted molar refractivity (Wildman–Crippen MR) is 119 cm³/mol. The Morgan fingerprint density at radius 1 is 1.21 bits per heavy atom. The molecule has 2 aromatic heterocycles. The van der Waals surface area contributed by atoms with Gasteiger partial charge in [-0.3, -0.25) is 14.2 Å². The van der Waals surface area contributed by atoms with E-state index < -0.39 is 0 Å². The molecule has 4 rings (SSSR count). The standard InChI is InChI=1S/C23H27N3O2S/c1-3-4-7-16-10-12-17(13-11-16)25-20(27)14-26-15(2)24-22-21(23(26)28)18-8-5-6-9-19(18)29-22/h10-13H,3-9,14H2,1-2H3,(H,25,27). The number of thiophene rings is 1. The summed E-state index contributed by atoms with van der Waals surface area (Å²) in [5, 5.41) is 3.63. The van der Waals surface area contributed by atoms with Crippen LogP contribution in [-0.2, 0) is 30.6 Å². The summed E-state index contributed by atoms with van der Waals surface area (Å²) in [4.78, 5) is 32.5. The third-order valence-corrected chi connectivity index (χ3v) is 6.81. The molecule has 0 radical (unpaired) electrons. The van der Waals surface area contributed by atoms with E-state index in [-0.39, 0.29) is 18.0 Å². The third kappa shape index (κ3) is 4.13. The van der Waals surface area contributed by atoms with E-state index in [1.54, 1.807) is 18.3 Å². The lowest BCUT2D eigenvalue weighted by molar-refractivity contribution is -0.116. The van der Waals surface area contributed by atoms with Crippen LogP contribution < -0.4 is 10.9 Å². The van der Waals surface area contributed by atoms with Crippen molar-refractivity contribution in [1.29, 1.82) is 0 Å². The summed E-state index contributed by atoms with van der Waals surface area (Å²) >= 11 is 1.64. The minimum Gasteiger partial charge on any atom is -0.325 e. The lowest BCUT2D eigenvalue weighted by Gasteiger charge is -2.12. The van der Waals surface area contributed by atoms with Gasteiger partial charge in [-0.15, -0.1) is 11.3 Å². The molecule has 1 amide bonds. The topological polar surface area (TPSA) is 64.0 Å². The number of anilines is 1. The molecule has 0 unspecified atom stereocenters. The Bertz CT molecular complexity index is 1100. The highest BCUT2D eigenvalue weighted by Gasteiger charge is 2.21. The number of carbonyl (C=O) groups is 1. The number of amides is 1. The largest absolute Gasteiger partial charge is 0.325 e. The van der Waals surface area contributed by atoms with Gasteiger partial charge in [0.15, 0.2) is 0 Å². The predicted octanol–water partition coefficient (Wildman–Crippen LogP) is 4.63. The van der Waals surface area contributed by atoms with Crippen LogP contribution in [0.1, 0.15) is 54.4 Å². The Kier molecular flexibility index (Phi) is 5.81. The van der Waals surface area contributed by atoms with Crippen molar-refractivity contribution in [3.05, 3.63) is 56.4 Å². The molecule has 1 aromatic carbocycles. The van der Waals surface area contributed by atoms with Gasteiger partial charge in [0.2, 0.25) is 5.91 Å². The lowest BCUT2D eigenvalue weighted by Crippen LogP contribution is -2.30. The van der Waals surface area contributed by atoms with Crippen molar-refractivity contribution in [3.8, 4) is 0 Å². The fourth-order valence-corrected chi connectivity index (χ4v) is 5.30. The van der Waals surface area contributed by atoms with Crippen LogP contribution in [0.5, 0.6) is 0 Å². The van der Waals surface area contributed by atoms with Gasteiger partial charge in [0.1, 0.15) is 17.2 Å². The summed E-state index contributed by atoms with van der Waals surface area (Å²) < 4.78 is 1.51. The summed E-state index contributed by atoms with van der Waals surface area (Å²) in [6, 6.07) is 7.95. The Morgan fingerprint density at radius 3 is 2.72 bits per heavy atom. The number of aryl methyl sites for hydroxylation is 4. The molecule has 6 heteroatoms. The van der Waals surface area contributed by atoms with Crippen molar-refractivity contribution >= 4 is 33.1 Å². The van der Waals surface area contributed by atoms with E-state index in [0.29, 0.717) is 5.82 Å². The minimum absolute atomic E-state index is 0.0180. The Labute approximate surface area is 174 Å². The molecule has 0 saturated heterocycles. The second-order valence-electron chi connectivity index (χ2n) is 7.79. The number of nitrogens with one attached hydrogen (secondary N) is 1. The van der Waals surface area contributed by atoms with Crippen LogP contribution in [0.4, 0.5) is 5.69 Å². The first-order chi connectivity index (χ1) is 14.1. The summed E-state index contributed by atoms with van der Waals surface area (Å²) in [5.74, 6) is 0.382. The van der Waals surface area contributed by atoms with Gasteiger partial charge in [-0.2, -0.15) is 0 Å². The fraction of sp³-hybridized carbons (Fsp3) is 0.435. The Morgan fingerprint density at radius 2 is 1.97 bits per heavy atom. The van der Waals surface area contributed by atoms with Gasteiger partial charge < -0.3 is 5.32 Å². The molecular weight excluding hydrogens is 382 g/mol. The van der Waals surface area contributed by atoms with Crippen molar-refractivity contribution in [2.75, 3.05) is 5.32 Å². The Hall–Kier alpha value is -2.47. The first kappa shape index (κ1) is 19.8. The van der Waals surface area contributed by atoms with Crippen LogP contribution >= 0.6 is 11.3 Å². The molecule has 5 nitrogen and oxygen atoms in total. The normalized spacial score (nSPS) is 13.4. The van der Waals surface area contributed by atoms with Gasteiger partial charge in [0.25, 0.3) is 5.56 Å². The van der Waals surface area contributed by atoms with Crippen LogP contribution in [-0.4, -0.2) is 15.5 Å². The van der Waals surface area contributed by atoms with Gasteiger partial charge in [-0.1, -0.05) is 25.5 Å². The number of fused-ring (bicyclic) bond motifs is 3. The van der Waals surface area contributed by atoms with Crippen LogP contribution in [0.15, 0.2) is 29.1 Å². The van der Waals surface area contributed by atoms with E-state index in [0.717, 1.165) is 60.0 Å². The van der Waals surface area contributed by atoms with E-state index in [1.807, 2.05) is 24.3 Å². The van der Waals surface area contributed by atoms with Crippen molar-refractivity contribution in [2.45, 2.75) is 65.3 Å². The summed E-state index contributed by atoms with van der Waals surface area (Å²) in [5.41, 5.74) is 3.10. The maximum Gasteiger partial charge on any atom is 0.263 e. The molecule has 0 aliphatic heterocycles. The smallest absolute Gasteiger partial charge is 0.263 e. The lowest BCUT2D eigenvalue weighted by atomic mass is 9.97. The minimum atomic E-state index is -0.207. The molecule has 3 aromatic rings. The fourth-order valence-electron chi connectivity index (χ4n) is 4.01. The van der Waals surface area contributed by atoms with Crippen molar-refractivity contribution < 1.29 is 4.79 Å². The SMILES string of the molecule is CCCCc1ccc(NC(=O)Cn2c(C)nc3sc4c(c3c2=O)CCCC4)cc1. The molecule has 29 heavy (non-hydrogen) atoms. The average Bonchev–Trinajstić information content (AvgIpc) is 3.08. The molecule has 1 aliphatic rings. The molecule has 0 saturated carbocycles. The first-order valence-corrected chi connectivity index (χ1v) is 11.3. The van der Waals surface area contributed by atoms with Crippen LogP contribution in [0.2, 0.25) is 0 Å². The summed E-state index contributed by atoms with van der Waals surface area (Å²) in [6.07, 6.45) is 7.63. The van der Waals surface area contributed by atoms with Gasteiger partial charge in [0, 0.05) is 10.6 Å². The van der Waals surface area contributed by atoms with Gasteiger partial charge in [0.05, 0.1) is 5.39 Å². The van der Waals surface area contributed by atoms with E-state index in [4.69, 9.17) is 0 Å². The molecule has 0 spiro atoms. The average molecular weight is 410 g/mol. The zero-order valence-corrected chi connectivity index (χ0v) is 17.9. The highest BCUT2D eigenvalue weighted by molar-refractivity contribution is 7.18. The zero-order valence-electron chi connectivity index (χ0n) is 17.1. The van der Waals surface area contributed by atoms with Crippen molar-refractivity contribution in [3.63, 3.8) is 0 Å². The molecule has 1 N–H and O–H groups in total. The summed E-state index contributed by atoms with van der Waals surface area (Å²) in [7, 11) is 0. The van der Waals surface area contributed by atoms with Crippen LogP contribution in [0.25, 0.3) is 10.2 Å². The molecule has 2 heterocycles. The number of unbranched alkanes of at least 4 members (excludes halogenated alkanes) is 1. The number of nitrogens with zero attached hydrogens (tertiary/aromatic N) is 2. The van der Waals surface area contributed by atoms with E-state index >= 15 is 0 Å². The van der Waals surface area contributed by atoms with Gasteiger partial charge in [-0.05, 0) is 68.7 Å². The van der Waals surface area contributed by atoms with E-state index in [1.165, 1.54) is 21.4 Å². The molecule has 1 aliphatic carbocycles. The number of carbonyl (C=O) groups excluding carboxylic acids is 1. The van der Waals surface area contributed by atoms with Crippen LogP contribution in [0.3, 0.4) is 0 Å². The van der Waals surface area contributed by atoms with Crippen molar-refractivity contribution in [2.24, 2.45) is 0 Å². The number of aromatic nitrogens is 2. The zero-order chi connectivity index (χ0) is 20.4. The molecule has 0 atom stereocenters. The number of hydrogen-bond acceptors (Lipinski definition) is 4. The highest BCUT2D eigenvalue weighted by Crippen LogP contribution is 2.33. The number of benzene rings is 1. The van der Waals surface area contributed by atoms with Gasteiger partial charge in [-0.25, -0.2) is 4.98 Å². The first-order valence-electron chi connectivity index (χ1n) is 10.5. The Balaban J connectivity index is 1.54. The maximum absolute atomic E-state index is 13.2. The maximum atomic E-state index is 13.2. The number of rotatable bonds is 6. The molecule has 0 fully saturated rings. The molecule has 0 bridgehead atoms. The second kappa shape index (κ2) is 8.49. The third-order valence-electron chi connectivity index (χ3n) is 5.62. The van der Waals surface area contributed by atoms with E-state index in [9.17, 15) is 9.59 Å². The molecular formula is C23H27N3O2S. The quantitative estimate of drug-likeness (QED) is 0.646. The van der Waals surface area contributed by atoms with Crippen LogP contribution in [0, 0.1) is 6.92 Å². The highest BCUT2D eigenvalue weighted by atomic mass is 32.1. The van der Waals surface area contributed by atoms with E-state index in [2.05, 4.69) is 17.2 Å². The monoisotopic (exact) mass is 409 g/mol.